The number of guanidine groups is 1. The summed E-state index contributed by atoms with van der Waals surface area (Å²) < 4.78 is 13.3. The molecule has 3 aliphatic rings. The van der Waals surface area contributed by atoms with Crippen molar-refractivity contribution >= 4 is 11.9 Å². The van der Waals surface area contributed by atoms with Crippen LogP contribution < -0.4 is 0 Å². The number of halogens is 1. The van der Waals surface area contributed by atoms with Crippen molar-refractivity contribution in [2.24, 2.45) is 4.99 Å². The molecule has 5 nitrogen and oxygen atoms in total. The summed E-state index contributed by atoms with van der Waals surface area (Å²) in [7, 11) is 0. The number of hydrogen-bond donors (Lipinski definition) is 0. The highest BCUT2D eigenvalue weighted by Gasteiger charge is 2.40. The molecule has 3 heterocycles. The summed E-state index contributed by atoms with van der Waals surface area (Å²) in [6.07, 6.45) is 1.85. The third-order valence-corrected chi connectivity index (χ3v) is 6.00. The predicted molar refractivity (Wildman–Crippen MR) is 114 cm³/mol. The van der Waals surface area contributed by atoms with E-state index in [2.05, 4.69) is 34.1 Å². The summed E-state index contributed by atoms with van der Waals surface area (Å²) in [5.41, 5.74) is 4.17. The van der Waals surface area contributed by atoms with Crippen LogP contribution in [0.4, 0.5) is 4.39 Å². The Morgan fingerprint density at radius 1 is 0.933 bits per heavy atom. The highest BCUT2D eigenvalue weighted by Crippen LogP contribution is 2.32. The zero-order valence-electron chi connectivity index (χ0n) is 16.9. The molecule has 3 aliphatic heterocycles. The summed E-state index contributed by atoms with van der Waals surface area (Å²) in [6, 6.07) is 16.7. The van der Waals surface area contributed by atoms with Crippen molar-refractivity contribution in [2.45, 2.75) is 25.9 Å². The number of carbonyl (C=O) groups excluding carboxylic acids is 1. The Bertz CT molecular complexity index is 1000. The van der Waals surface area contributed by atoms with Gasteiger partial charge in [-0.25, -0.2) is 4.39 Å². The number of aliphatic imine (C=N–C) groups is 1. The standard InChI is InChI=1S/C24H25FN4O/c25-20-9-7-19(8-10-20)16-29-23(30)21-17-27(15-18-5-2-1-3-6-18)14-11-22(21)28-13-4-12-26-24(28)29/h1-3,5-10H,4,11-17H2. The summed E-state index contributed by atoms with van der Waals surface area (Å²) in [5.74, 6) is 0.518. The Hall–Kier alpha value is -2.99. The van der Waals surface area contributed by atoms with Gasteiger partial charge in [0.05, 0.1) is 12.1 Å². The van der Waals surface area contributed by atoms with E-state index in [1.807, 2.05) is 6.07 Å². The molecule has 6 heteroatoms. The first-order chi connectivity index (χ1) is 14.7. The van der Waals surface area contributed by atoms with Crippen molar-refractivity contribution in [3.05, 3.63) is 82.8 Å². The van der Waals surface area contributed by atoms with E-state index in [-0.39, 0.29) is 11.7 Å². The average molecular weight is 404 g/mol. The zero-order chi connectivity index (χ0) is 20.5. The highest BCUT2D eigenvalue weighted by molar-refractivity contribution is 6.09. The number of hydrogen-bond acceptors (Lipinski definition) is 4. The minimum Gasteiger partial charge on any atom is -0.315 e. The first-order valence-electron chi connectivity index (χ1n) is 10.6. The Labute approximate surface area is 176 Å². The number of fused-ring (bicyclic) bond motifs is 2. The quantitative estimate of drug-likeness (QED) is 0.784. The average Bonchev–Trinajstić information content (AvgIpc) is 2.79. The van der Waals surface area contributed by atoms with Crippen LogP contribution in [0.1, 0.15) is 24.0 Å². The third kappa shape index (κ3) is 3.63. The monoisotopic (exact) mass is 404 g/mol. The molecule has 0 bridgehead atoms. The van der Waals surface area contributed by atoms with Gasteiger partial charge >= 0.3 is 0 Å². The van der Waals surface area contributed by atoms with E-state index < -0.39 is 0 Å². The molecule has 0 saturated carbocycles. The maximum atomic E-state index is 13.5. The van der Waals surface area contributed by atoms with E-state index in [9.17, 15) is 9.18 Å². The van der Waals surface area contributed by atoms with Gasteiger partial charge in [0.1, 0.15) is 5.82 Å². The van der Waals surface area contributed by atoms with Gasteiger partial charge in [0.25, 0.3) is 5.91 Å². The van der Waals surface area contributed by atoms with Crippen molar-refractivity contribution in [3.63, 3.8) is 0 Å². The molecule has 0 unspecified atom stereocenters. The van der Waals surface area contributed by atoms with Crippen molar-refractivity contribution in [1.82, 2.24) is 14.7 Å². The van der Waals surface area contributed by atoms with Gasteiger partial charge in [-0.1, -0.05) is 42.5 Å². The molecule has 30 heavy (non-hydrogen) atoms. The summed E-state index contributed by atoms with van der Waals surface area (Å²) in [5, 5.41) is 0. The number of carbonyl (C=O) groups is 1. The van der Waals surface area contributed by atoms with Crippen molar-refractivity contribution in [2.75, 3.05) is 26.2 Å². The van der Waals surface area contributed by atoms with Gasteiger partial charge in [-0.3, -0.25) is 19.6 Å². The topological polar surface area (TPSA) is 39.2 Å². The van der Waals surface area contributed by atoms with Crippen LogP contribution in [0.2, 0.25) is 0 Å². The lowest BCUT2D eigenvalue weighted by molar-refractivity contribution is -0.125. The zero-order valence-corrected chi connectivity index (χ0v) is 16.9. The molecule has 0 radical (unpaired) electrons. The van der Waals surface area contributed by atoms with Gasteiger partial charge in [0.2, 0.25) is 5.96 Å². The third-order valence-electron chi connectivity index (χ3n) is 6.00. The molecule has 0 atom stereocenters. The van der Waals surface area contributed by atoms with Gasteiger partial charge in [0, 0.05) is 44.8 Å². The van der Waals surface area contributed by atoms with E-state index >= 15 is 0 Å². The van der Waals surface area contributed by atoms with Gasteiger partial charge in [-0.15, -0.1) is 0 Å². The van der Waals surface area contributed by atoms with Crippen LogP contribution >= 0.6 is 0 Å². The lowest BCUT2D eigenvalue weighted by Gasteiger charge is -2.45. The van der Waals surface area contributed by atoms with E-state index in [0.29, 0.717) is 13.1 Å². The lowest BCUT2D eigenvalue weighted by atomic mass is 9.99. The van der Waals surface area contributed by atoms with Crippen LogP contribution in [0.15, 0.2) is 70.9 Å². The molecule has 0 aromatic heterocycles. The fourth-order valence-corrected chi connectivity index (χ4v) is 4.52. The molecule has 5 rings (SSSR count). The molecule has 0 fully saturated rings. The number of nitrogens with zero attached hydrogens (tertiary/aromatic N) is 4. The Morgan fingerprint density at radius 2 is 1.70 bits per heavy atom. The number of rotatable bonds is 4. The highest BCUT2D eigenvalue weighted by atomic mass is 19.1. The predicted octanol–water partition coefficient (Wildman–Crippen LogP) is 3.39. The minimum absolute atomic E-state index is 0.0315. The van der Waals surface area contributed by atoms with Crippen LogP contribution in [0.3, 0.4) is 0 Å². The molecule has 0 spiro atoms. The van der Waals surface area contributed by atoms with Gasteiger partial charge < -0.3 is 4.90 Å². The van der Waals surface area contributed by atoms with Crippen molar-refractivity contribution in [3.8, 4) is 0 Å². The molecule has 0 aliphatic carbocycles. The summed E-state index contributed by atoms with van der Waals surface area (Å²) >= 11 is 0. The molecule has 0 N–H and O–H groups in total. The fraction of sp³-hybridized carbons (Fsp3) is 0.333. The normalized spacial score (nSPS) is 19.5. The molecular weight excluding hydrogens is 379 g/mol. The molecule has 1 amide bonds. The van der Waals surface area contributed by atoms with Gasteiger partial charge in [-0.05, 0) is 29.7 Å². The van der Waals surface area contributed by atoms with Gasteiger partial charge in [-0.2, -0.15) is 0 Å². The van der Waals surface area contributed by atoms with Crippen LogP contribution in [0.5, 0.6) is 0 Å². The molecular formula is C24H25FN4O. The van der Waals surface area contributed by atoms with E-state index in [1.54, 1.807) is 17.0 Å². The summed E-state index contributed by atoms with van der Waals surface area (Å²) in [4.78, 5) is 24.6. The second kappa shape index (κ2) is 8.03. The Kier molecular flexibility index (Phi) is 5.09. The number of amides is 1. The fourth-order valence-electron chi connectivity index (χ4n) is 4.52. The second-order valence-electron chi connectivity index (χ2n) is 8.08. The Morgan fingerprint density at radius 3 is 2.50 bits per heavy atom. The molecule has 154 valence electrons. The molecule has 2 aromatic carbocycles. The summed E-state index contributed by atoms with van der Waals surface area (Å²) in [6.45, 7) is 4.45. The van der Waals surface area contributed by atoms with Crippen LogP contribution in [0, 0.1) is 5.82 Å². The maximum absolute atomic E-state index is 13.5. The van der Waals surface area contributed by atoms with Crippen LogP contribution in [-0.2, 0) is 17.9 Å². The van der Waals surface area contributed by atoms with E-state index in [0.717, 1.165) is 61.8 Å². The largest absolute Gasteiger partial charge is 0.315 e. The first kappa shape index (κ1) is 19.0. The van der Waals surface area contributed by atoms with E-state index in [1.165, 1.54) is 17.7 Å². The Balaban J connectivity index is 1.42. The van der Waals surface area contributed by atoms with E-state index in [4.69, 9.17) is 4.99 Å². The number of benzene rings is 2. The van der Waals surface area contributed by atoms with Gasteiger partial charge in [0.15, 0.2) is 0 Å². The SMILES string of the molecule is O=C1C2=C(CCN(Cc3ccccc3)C2)N2CCCN=C2N1Cc1ccc(F)cc1. The second-order valence-corrected chi connectivity index (χ2v) is 8.08. The van der Waals surface area contributed by atoms with Crippen molar-refractivity contribution in [1.29, 1.82) is 0 Å². The minimum atomic E-state index is -0.269. The molecule has 0 saturated heterocycles. The first-order valence-corrected chi connectivity index (χ1v) is 10.6. The van der Waals surface area contributed by atoms with Crippen molar-refractivity contribution < 1.29 is 9.18 Å². The maximum Gasteiger partial charge on any atom is 0.259 e. The lowest BCUT2D eigenvalue weighted by Crippen LogP contribution is -2.56. The van der Waals surface area contributed by atoms with Crippen LogP contribution in [0.25, 0.3) is 0 Å². The molecule has 2 aromatic rings. The smallest absolute Gasteiger partial charge is 0.259 e. The van der Waals surface area contributed by atoms with Crippen LogP contribution in [-0.4, -0.2) is 52.7 Å².